The molecule has 1 fully saturated rings. The molecule has 0 aliphatic carbocycles. The number of nitrogens with zero attached hydrogens (tertiary/aromatic N) is 3. The second-order valence-electron chi connectivity index (χ2n) is 7.60. The van der Waals surface area contributed by atoms with Gasteiger partial charge in [-0.1, -0.05) is 6.07 Å². The molecule has 0 saturated carbocycles. The van der Waals surface area contributed by atoms with Crippen molar-refractivity contribution in [3.63, 3.8) is 0 Å². The van der Waals surface area contributed by atoms with Gasteiger partial charge in [0.05, 0.1) is 22.2 Å². The number of thiazole rings is 1. The summed E-state index contributed by atoms with van der Waals surface area (Å²) < 4.78 is 1.19. The Balaban J connectivity index is 1.41. The lowest BCUT2D eigenvalue weighted by atomic mass is 9.97. The molecule has 148 valence electrons. The fourth-order valence-electron chi connectivity index (χ4n) is 3.78. The first-order valence-corrected chi connectivity index (χ1v) is 10.8. The van der Waals surface area contributed by atoms with Crippen LogP contribution in [0.3, 0.4) is 0 Å². The summed E-state index contributed by atoms with van der Waals surface area (Å²) in [6, 6.07) is 16.4. The zero-order chi connectivity index (χ0) is 20.2. The molecule has 1 aromatic heterocycles. The third kappa shape index (κ3) is 4.64. The highest BCUT2D eigenvalue weighted by molar-refractivity contribution is 7.21. The Labute approximate surface area is 175 Å². The molecule has 2 aromatic carbocycles. The number of aryl methyl sites for hydroxylation is 1. The molecule has 2 heterocycles. The van der Waals surface area contributed by atoms with E-state index in [9.17, 15) is 4.79 Å². The number of amides is 1. The lowest BCUT2D eigenvalue weighted by Crippen LogP contribution is -2.41. The number of carbonyl (C=O) groups is 1. The van der Waals surface area contributed by atoms with E-state index in [2.05, 4.69) is 41.4 Å². The number of anilines is 1. The van der Waals surface area contributed by atoms with E-state index in [0.717, 1.165) is 54.3 Å². The fourth-order valence-corrected chi connectivity index (χ4v) is 4.85. The van der Waals surface area contributed by atoms with Gasteiger partial charge >= 0.3 is 0 Å². The number of hydrogen-bond donors (Lipinski definition) is 1. The van der Waals surface area contributed by atoms with Gasteiger partial charge in [-0.25, -0.2) is 4.98 Å². The molecule has 29 heavy (non-hydrogen) atoms. The summed E-state index contributed by atoms with van der Waals surface area (Å²) in [5.74, 6) is 0.0458. The monoisotopic (exact) mass is 404 g/mol. The highest BCUT2D eigenvalue weighted by atomic mass is 32.1. The van der Waals surface area contributed by atoms with Crippen LogP contribution >= 0.6 is 11.3 Å². The van der Waals surface area contributed by atoms with Crippen LogP contribution in [0.5, 0.6) is 0 Å². The molecule has 0 bridgehead atoms. The van der Waals surface area contributed by atoms with E-state index in [1.807, 2.05) is 24.3 Å². The van der Waals surface area contributed by atoms with E-state index in [1.54, 1.807) is 11.3 Å². The van der Waals surface area contributed by atoms with Crippen molar-refractivity contribution < 1.29 is 4.79 Å². The molecule has 1 saturated heterocycles. The molecule has 3 aromatic rings. The van der Waals surface area contributed by atoms with Gasteiger partial charge in [-0.3, -0.25) is 4.79 Å². The van der Waals surface area contributed by atoms with Gasteiger partial charge in [-0.15, -0.1) is 11.3 Å². The van der Waals surface area contributed by atoms with Crippen molar-refractivity contribution in [2.75, 3.05) is 25.0 Å². The molecule has 1 unspecified atom stereocenters. The molecule has 0 radical (unpaired) electrons. The van der Waals surface area contributed by atoms with E-state index in [4.69, 9.17) is 10.2 Å². The van der Waals surface area contributed by atoms with Crippen molar-refractivity contribution in [2.24, 2.45) is 5.92 Å². The maximum Gasteiger partial charge on any atom is 0.228 e. The van der Waals surface area contributed by atoms with Gasteiger partial charge in [0, 0.05) is 30.8 Å². The van der Waals surface area contributed by atoms with Crippen LogP contribution in [0.4, 0.5) is 5.69 Å². The van der Waals surface area contributed by atoms with Crippen LogP contribution in [0.1, 0.15) is 24.8 Å². The molecule has 1 aliphatic heterocycles. The Bertz CT molecular complexity index is 1050. The number of nitrogens with one attached hydrogen (secondary N) is 1. The van der Waals surface area contributed by atoms with Gasteiger partial charge in [0.15, 0.2) is 0 Å². The third-order valence-electron chi connectivity index (χ3n) is 5.36. The second kappa shape index (κ2) is 8.73. The number of aromatic nitrogens is 1. The van der Waals surface area contributed by atoms with Gasteiger partial charge in [-0.05, 0) is 68.3 Å². The minimum absolute atomic E-state index is 0.0189. The Morgan fingerprint density at radius 1 is 1.31 bits per heavy atom. The van der Waals surface area contributed by atoms with Crippen molar-refractivity contribution in [2.45, 2.75) is 26.2 Å². The standard InChI is InChI=1S/C23H24N4OS/c1-16-5-10-20-21(14-16)29-23(26-20)17-6-8-19(9-7-17)25-22(28)18-4-2-12-27(15-18)13-3-11-24/h5-10,14,18H,2-4,12-13,15H2,1H3,(H,25,28). The summed E-state index contributed by atoms with van der Waals surface area (Å²) in [5.41, 5.74) is 4.12. The molecule has 6 heteroatoms. The van der Waals surface area contributed by atoms with Crippen LogP contribution < -0.4 is 5.32 Å². The van der Waals surface area contributed by atoms with Crippen molar-refractivity contribution in [3.05, 3.63) is 48.0 Å². The summed E-state index contributed by atoms with van der Waals surface area (Å²) in [7, 11) is 0. The number of benzene rings is 2. The predicted octanol–water partition coefficient (Wildman–Crippen LogP) is 4.84. The van der Waals surface area contributed by atoms with Crippen molar-refractivity contribution >= 4 is 33.1 Å². The van der Waals surface area contributed by atoms with Gasteiger partial charge in [0.2, 0.25) is 5.91 Å². The van der Waals surface area contributed by atoms with E-state index in [0.29, 0.717) is 6.42 Å². The van der Waals surface area contributed by atoms with Gasteiger partial charge in [-0.2, -0.15) is 5.26 Å². The average molecular weight is 405 g/mol. The van der Waals surface area contributed by atoms with Gasteiger partial charge < -0.3 is 10.2 Å². The molecule has 5 nitrogen and oxygen atoms in total. The fraction of sp³-hybridized carbons (Fsp3) is 0.348. The smallest absolute Gasteiger partial charge is 0.228 e. The second-order valence-corrected chi connectivity index (χ2v) is 8.64. The number of fused-ring (bicyclic) bond motifs is 1. The van der Waals surface area contributed by atoms with Gasteiger partial charge in [0.25, 0.3) is 0 Å². The number of piperidine rings is 1. The van der Waals surface area contributed by atoms with Crippen LogP contribution in [0, 0.1) is 24.2 Å². The molecular weight excluding hydrogens is 380 g/mol. The minimum atomic E-state index is -0.0189. The molecule has 1 amide bonds. The first-order valence-electron chi connectivity index (χ1n) is 10.0. The first-order chi connectivity index (χ1) is 14.1. The van der Waals surface area contributed by atoms with Crippen LogP contribution in [-0.2, 0) is 4.79 Å². The van der Waals surface area contributed by atoms with Crippen molar-refractivity contribution in [1.29, 1.82) is 5.26 Å². The number of likely N-dealkylation sites (tertiary alicyclic amines) is 1. The Morgan fingerprint density at radius 3 is 2.93 bits per heavy atom. The first kappa shape index (κ1) is 19.6. The summed E-state index contributed by atoms with van der Waals surface area (Å²) in [4.78, 5) is 19.6. The average Bonchev–Trinajstić information content (AvgIpc) is 3.16. The number of nitriles is 1. The minimum Gasteiger partial charge on any atom is -0.326 e. The van der Waals surface area contributed by atoms with E-state index < -0.39 is 0 Å². The van der Waals surface area contributed by atoms with E-state index in [-0.39, 0.29) is 11.8 Å². The van der Waals surface area contributed by atoms with E-state index in [1.165, 1.54) is 10.3 Å². The van der Waals surface area contributed by atoms with Crippen molar-refractivity contribution in [1.82, 2.24) is 9.88 Å². The number of carbonyl (C=O) groups excluding carboxylic acids is 1. The molecule has 1 aliphatic rings. The Hall–Kier alpha value is -2.75. The summed E-state index contributed by atoms with van der Waals surface area (Å²) >= 11 is 1.69. The molecular formula is C23H24N4OS. The Morgan fingerprint density at radius 2 is 2.14 bits per heavy atom. The predicted molar refractivity (Wildman–Crippen MR) is 118 cm³/mol. The van der Waals surface area contributed by atoms with E-state index >= 15 is 0 Å². The molecule has 1 atom stereocenters. The quantitative estimate of drug-likeness (QED) is 0.661. The zero-order valence-electron chi connectivity index (χ0n) is 16.5. The Kier molecular flexibility index (Phi) is 5.89. The van der Waals surface area contributed by atoms with Crippen LogP contribution in [0.2, 0.25) is 0 Å². The normalized spacial score (nSPS) is 17.2. The van der Waals surface area contributed by atoms with Gasteiger partial charge in [0.1, 0.15) is 5.01 Å². The molecule has 4 rings (SSSR count). The third-order valence-corrected chi connectivity index (χ3v) is 6.43. The summed E-state index contributed by atoms with van der Waals surface area (Å²) in [6.07, 6.45) is 2.42. The maximum atomic E-state index is 12.7. The van der Waals surface area contributed by atoms with Crippen LogP contribution in [-0.4, -0.2) is 35.4 Å². The lowest BCUT2D eigenvalue weighted by molar-refractivity contribution is -0.121. The number of rotatable bonds is 5. The van der Waals surface area contributed by atoms with Crippen LogP contribution in [0.25, 0.3) is 20.8 Å². The largest absolute Gasteiger partial charge is 0.326 e. The lowest BCUT2D eigenvalue weighted by Gasteiger charge is -2.31. The maximum absolute atomic E-state index is 12.7. The number of hydrogen-bond acceptors (Lipinski definition) is 5. The highest BCUT2D eigenvalue weighted by Gasteiger charge is 2.25. The zero-order valence-corrected chi connectivity index (χ0v) is 17.3. The highest BCUT2D eigenvalue weighted by Crippen LogP contribution is 2.31. The summed E-state index contributed by atoms with van der Waals surface area (Å²) in [5, 5.41) is 12.8. The summed E-state index contributed by atoms with van der Waals surface area (Å²) in [6.45, 7) is 4.54. The molecule has 0 spiro atoms. The van der Waals surface area contributed by atoms with Crippen molar-refractivity contribution in [3.8, 4) is 16.6 Å². The van der Waals surface area contributed by atoms with Crippen LogP contribution in [0.15, 0.2) is 42.5 Å². The molecule has 1 N–H and O–H groups in total. The topological polar surface area (TPSA) is 69.0 Å². The SMILES string of the molecule is Cc1ccc2nc(-c3ccc(NC(=O)C4CCCN(CCC#N)C4)cc3)sc2c1.